The Balaban J connectivity index is 1.54. The molecule has 0 aliphatic carbocycles. The molecule has 1 heterocycles. The number of Topliss-reactive ketones (excluding diaryl/α,β-unsaturated/α-hetero) is 1. The lowest BCUT2D eigenvalue weighted by Crippen LogP contribution is -2.42. The number of benzene rings is 3. The van der Waals surface area contributed by atoms with E-state index >= 15 is 0 Å². The molecule has 0 fully saturated rings. The van der Waals surface area contributed by atoms with Crippen LogP contribution in [0.4, 0.5) is 0 Å². The topological polar surface area (TPSA) is 55.4 Å². The lowest BCUT2D eigenvalue weighted by atomic mass is 9.98. The number of carbonyl (C=O) groups is 2. The summed E-state index contributed by atoms with van der Waals surface area (Å²) in [6.45, 7) is 1.94. The van der Waals surface area contributed by atoms with Gasteiger partial charge in [0.05, 0.1) is 18.0 Å². The van der Waals surface area contributed by atoms with Crippen molar-refractivity contribution in [3.8, 4) is 5.75 Å². The number of fused-ring (bicyclic) bond motifs is 2. The molecule has 2 atom stereocenters. The molecule has 0 radical (unpaired) electrons. The SMILES string of the molecule is CC(NC(=O)[C@H]1CC(=O)c2ccccc2O1)c1cccc2ccccc12. The van der Waals surface area contributed by atoms with Crippen LogP contribution in [-0.2, 0) is 4.79 Å². The first-order valence-corrected chi connectivity index (χ1v) is 8.70. The third-order valence-electron chi connectivity index (χ3n) is 4.77. The highest BCUT2D eigenvalue weighted by Crippen LogP contribution is 2.28. The quantitative estimate of drug-likeness (QED) is 0.779. The normalized spacial score (nSPS) is 17.3. The summed E-state index contributed by atoms with van der Waals surface area (Å²) in [6, 6.07) is 21.0. The molecule has 0 bridgehead atoms. The molecule has 130 valence electrons. The molecule has 4 heteroatoms. The van der Waals surface area contributed by atoms with Crippen molar-refractivity contribution in [3.63, 3.8) is 0 Å². The number of nitrogens with one attached hydrogen (secondary N) is 1. The summed E-state index contributed by atoms with van der Waals surface area (Å²) in [5.41, 5.74) is 1.58. The zero-order chi connectivity index (χ0) is 18.1. The van der Waals surface area contributed by atoms with E-state index in [0.29, 0.717) is 11.3 Å². The first kappa shape index (κ1) is 16.3. The fraction of sp³-hybridized carbons (Fsp3) is 0.182. The summed E-state index contributed by atoms with van der Waals surface area (Å²) in [4.78, 5) is 25.0. The summed E-state index contributed by atoms with van der Waals surface area (Å²) < 4.78 is 5.76. The van der Waals surface area contributed by atoms with E-state index < -0.39 is 6.10 Å². The minimum atomic E-state index is -0.796. The summed E-state index contributed by atoms with van der Waals surface area (Å²) in [5.74, 6) is 0.139. The Kier molecular flexibility index (Phi) is 4.17. The maximum Gasteiger partial charge on any atom is 0.262 e. The molecule has 4 rings (SSSR count). The molecule has 4 nitrogen and oxygen atoms in total. The average Bonchev–Trinajstić information content (AvgIpc) is 2.67. The number of rotatable bonds is 3. The van der Waals surface area contributed by atoms with Crippen molar-refractivity contribution < 1.29 is 14.3 Å². The van der Waals surface area contributed by atoms with Crippen molar-refractivity contribution >= 4 is 22.5 Å². The molecule has 0 aromatic heterocycles. The van der Waals surface area contributed by atoms with E-state index in [4.69, 9.17) is 4.74 Å². The van der Waals surface area contributed by atoms with Gasteiger partial charge in [0.25, 0.3) is 5.91 Å². The van der Waals surface area contributed by atoms with Crippen molar-refractivity contribution in [1.82, 2.24) is 5.32 Å². The van der Waals surface area contributed by atoms with Crippen LogP contribution in [0.1, 0.15) is 35.3 Å². The van der Waals surface area contributed by atoms with Crippen molar-refractivity contribution in [2.45, 2.75) is 25.5 Å². The first-order chi connectivity index (χ1) is 12.6. The van der Waals surface area contributed by atoms with Crippen LogP contribution in [0.15, 0.2) is 66.7 Å². The maximum absolute atomic E-state index is 12.7. The zero-order valence-electron chi connectivity index (χ0n) is 14.4. The van der Waals surface area contributed by atoms with Crippen molar-refractivity contribution in [3.05, 3.63) is 77.9 Å². The number of amides is 1. The van der Waals surface area contributed by atoms with Crippen molar-refractivity contribution in [2.75, 3.05) is 0 Å². The molecule has 1 unspecified atom stereocenters. The van der Waals surface area contributed by atoms with Crippen molar-refractivity contribution in [1.29, 1.82) is 0 Å². The monoisotopic (exact) mass is 345 g/mol. The van der Waals surface area contributed by atoms with Crippen molar-refractivity contribution in [2.24, 2.45) is 0 Å². The fourth-order valence-corrected chi connectivity index (χ4v) is 3.43. The summed E-state index contributed by atoms with van der Waals surface area (Å²) in [5, 5.41) is 5.23. The van der Waals surface area contributed by atoms with E-state index in [1.54, 1.807) is 24.3 Å². The molecule has 26 heavy (non-hydrogen) atoms. The smallest absolute Gasteiger partial charge is 0.262 e. The van der Waals surface area contributed by atoms with E-state index in [1.807, 2.05) is 49.4 Å². The Labute approximate surface area is 151 Å². The lowest BCUT2D eigenvalue weighted by molar-refractivity contribution is -0.128. The Hall–Kier alpha value is -3.14. The van der Waals surface area contributed by atoms with Gasteiger partial charge in [0, 0.05) is 0 Å². The third kappa shape index (κ3) is 2.94. The molecular weight excluding hydrogens is 326 g/mol. The van der Waals surface area contributed by atoms with Crippen LogP contribution in [-0.4, -0.2) is 17.8 Å². The number of hydrogen-bond acceptors (Lipinski definition) is 3. The van der Waals surface area contributed by atoms with Gasteiger partial charge in [-0.3, -0.25) is 9.59 Å². The summed E-state index contributed by atoms with van der Waals surface area (Å²) in [7, 11) is 0. The number of ether oxygens (including phenoxy) is 1. The molecule has 3 aromatic carbocycles. The predicted octanol–water partition coefficient (Wildman–Crippen LogP) is 4.05. The average molecular weight is 345 g/mol. The zero-order valence-corrected chi connectivity index (χ0v) is 14.4. The van der Waals surface area contributed by atoms with Gasteiger partial charge < -0.3 is 10.1 Å². The number of carbonyl (C=O) groups excluding carboxylic acids is 2. The molecule has 3 aromatic rings. The Bertz CT molecular complexity index is 990. The highest BCUT2D eigenvalue weighted by atomic mass is 16.5. The van der Waals surface area contributed by atoms with E-state index in [0.717, 1.165) is 16.3 Å². The van der Waals surface area contributed by atoms with Gasteiger partial charge in [-0.2, -0.15) is 0 Å². The van der Waals surface area contributed by atoms with Gasteiger partial charge in [0.2, 0.25) is 0 Å². The molecule has 0 saturated heterocycles. The highest BCUT2D eigenvalue weighted by Gasteiger charge is 2.32. The van der Waals surface area contributed by atoms with Gasteiger partial charge in [-0.1, -0.05) is 54.6 Å². The van der Waals surface area contributed by atoms with Gasteiger partial charge in [0.15, 0.2) is 11.9 Å². The molecule has 1 aliphatic rings. The predicted molar refractivity (Wildman–Crippen MR) is 100 cm³/mol. The van der Waals surface area contributed by atoms with Crippen LogP contribution in [0.2, 0.25) is 0 Å². The number of ketones is 1. The standard InChI is InChI=1S/C22H19NO3/c1-14(16-11-6-8-15-7-2-3-9-17(15)16)23-22(25)21-13-19(24)18-10-4-5-12-20(18)26-21/h2-12,14,21H,13H2,1H3,(H,23,25)/t14?,21-/m1/s1. The number of para-hydroxylation sites is 1. The van der Waals surface area contributed by atoms with Crippen LogP contribution < -0.4 is 10.1 Å². The largest absolute Gasteiger partial charge is 0.479 e. The Morgan fingerprint density at radius 1 is 1.04 bits per heavy atom. The second-order valence-corrected chi connectivity index (χ2v) is 6.53. The minimum Gasteiger partial charge on any atom is -0.479 e. The van der Waals surface area contributed by atoms with Crippen LogP contribution in [0.3, 0.4) is 0 Å². The van der Waals surface area contributed by atoms with E-state index in [1.165, 1.54) is 0 Å². The molecule has 1 aliphatic heterocycles. The van der Waals surface area contributed by atoms with Crippen LogP contribution in [0.5, 0.6) is 5.75 Å². The second kappa shape index (κ2) is 6.64. The minimum absolute atomic E-state index is 0.0606. The van der Waals surface area contributed by atoms with Gasteiger partial charge in [-0.05, 0) is 35.4 Å². The Morgan fingerprint density at radius 3 is 2.65 bits per heavy atom. The van der Waals surface area contributed by atoms with Crippen LogP contribution >= 0.6 is 0 Å². The molecule has 1 N–H and O–H groups in total. The third-order valence-corrected chi connectivity index (χ3v) is 4.77. The summed E-state index contributed by atoms with van der Waals surface area (Å²) >= 11 is 0. The van der Waals surface area contributed by atoms with Crippen LogP contribution in [0, 0.1) is 0 Å². The second-order valence-electron chi connectivity index (χ2n) is 6.53. The van der Waals surface area contributed by atoms with Gasteiger partial charge in [-0.15, -0.1) is 0 Å². The molecule has 0 saturated carbocycles. The molecule has 0 spiro atoms. The van der Waals surface area contributed by atoms with Crippen LogP contribution in [0.25, 0.3) is 10.8 Å². The van der Waals surface area contributed by atoms with Gasteiger partial charge in [0.1, 0.15) is 5.75 Å². The van der Waals surface area contributed by atoms with Gasteiger partial charge in [-0.25, -0.2) is 0 Å². The maximum atomic E-state index is 12.7. The van der Waals surface area contributed by atoms with Gasteiger partial charge >= 0.3 is 0 Å². The highest BCUT2D eigenvalue weighted by molar-refractivity contribution is 6.03. The lowest BCUT2D eigenvalue weighted by Gasteiger charge is -2.26. The molecular formula is C22H19NO3. The molecule has 1 amide bonds. The Morgan fingerprint density at radius 2 is 1.77 bits per heavy atom. The van der Waals surface area contributed by atoms with E-state index in [-0.39, 0.29) is 24.2 Å². The van der Waals surface area contributed by atoms with E-state index in [9.17, 15) is 9.59 Å². The van der Waals surface area contributed by atoms with E-state index in [2.05, 4.69) is 5.32 Å². The summed E-state index contributed by atoms with van der Waals surface area (Å²) in [6.07, 6.45) is -0.736. The fourth-order valence-electron chi connectivity index (χ4n) is 3.43. The first-order valence-electron chi connectivity index (χ1n) is 8.70. The number of hydrogen-bond donors (Lipinski definition) is 1.